The van der Waals surface area contributed by atoms with Gasteiger partial charge in [-0.3, -0.25) is 9.79 Å². The van der Waals surface area contributed by atoms with E-state index in [4.69, 9.17) is 4.74 Å². The van der Waals surface area contributed by atoms with Crippen LogP contribution in [0.15, 0.2) is 59.6 Å². The van der Waals surface area contributed by atoms with Crippen LogP contribution in [0.4, 0.5) is 11.4 Å². The molecule has 3 aromatic carbocycles. The monoisotopic (exact) mass is 334 g/mol. The summed E-state index contributed by atoms with van der Waals surface area (Å²) in [6, 6.07) is 16.5. The minimum Gasteiger partial charge on any atom is -0.507 e. The molecule has 0 aliphatic rings. The van der Waals surface area contributed by atoms with E-state index >= 15 is 0 Å². The number of methoxy groups -OCH3 is 1. The quantitative estimate of drug-likeness (QED) is 0.700. The Labute approximate surface area is 145 Å². The fourth-order valence-corrected chi connectivity index (χ4v) is 2.63. The average molecular weight is 334 g/mol. The maximum absolute atomic E-state index is 11.2. The highest BCUT2D eigenvalue weighted by molar-refractivity contribution is 6.03. The van der Waals surface area contributed by atoms with Crippen molar-refractivity contribution in [3.8, 4) is 11.5 Å². The Kier molecular flexibility index (Phi) is 4.66. The summed E-state index contributed by atoms with van der Waals surface area (Å²) < 4.78 is 5.32. The van der Waals surface area contributed by atoms with Crippen molar-refractivity contribution in [3.05, 3.63) is 60.2 Å². The van der Waals surface area contributed by atoms with Crippen LogP contribution in [-0.4, -0.2) is 24.3 Å². The van der Waals surface area contributed by atoms with Gasteiger partial charge >= 0.3 is 0 Å². The number of rotatable bonds is 4. The lowest BCUT2D eigenvalue weighted by atomic mass is 10.0. The lowest BCUT2D eigenvalue weighted by Crippen LogP contribution is -2.05. The Balaban J connectivity index is 2.05. The van der Waals surface area contributed by atoms with E-state index in [2.05, 4.69) is 10.3 Å². The fourth-order valence-electron chi connectivity index (χ4n) is 2.63. The van der Waals surface area contributed by atoms with E-state index in [0.29, 0.717) is 22.7 Å². The third-order valence-corrected chi connectivity index (χ3v) is 3.78. The minimum atomic E-state index is -0.160. The molecule has 0 aliphatic carbocycles. The number of anilines is 1. The third kappa shape index (κ3) is 3.61. The summed E-state index contributed by atoms with van der Waals surface area (Å²) in [6.45, 7) is 1.45. The van der Waals surface area contributed by atoms with Crippen molar-refractivity contribution in [3.63, 3.8) is 0 Å². The van der Waals surface area contributed by atoms with E-state index in [1.165, 1.54) is 6.92 Å². The first-order valence-electron chi connectivity index (χ1n) is 7.79. The van der Waals surface area contributed by atoms with Crippen LogP contribution in [0.3, 0.4) is 0 Å². The lowest BCUT2D eigenvalue weighted by molar-refractivity contribution is -0.114. The van der Waals surface area contributed by atoms with E-state index in [1.54, 1.807) is 37.6 Å². The van der Waals surface area contributed by atoms with Crippen molar-refractivity contribution >= 4 is 34.3 Å². The second kappa shape index (κ2) is 7.05. The molecule has 0 unspecified atom stereocenters. The Hall–Kier alpha value is -3.34. The molecule has 0 saturated heterocycles. The standard InChI is InChI=1S/C20H18N2O3/c1-13(23)22-15-8-10-20(25-2)18(11-15)21-12-17-16-6-4-3-5-14(16)7-9-19(17)24/h3-12,24H,1-2H3,(H,22,23). The van der Waals surface area contributed by atoms with Gasteiger partial charge in [-0.1, -0.05) is 30.3 Å². The number of benzene rings is 3. The van der Waals surface area contributed by atoms with Gasteiger partial charge in [0.15, 0.2) is 0 Å². The summed E-state index contributed by atoms with van der Waals surface area (Å²) in [5, 5.41) is 14.8. The van der Waals surface area contributed by atoms with Crippen molar-refractivity contribution in [1.82, 2.24) is 0 Å². The zero-order chi connectivity index (χ0) is 17.8. The van der Waals surface area contributed by atoms with Gasteiger partial charge in [0.05, 0.1) is 7.11 Å². The highest BCUT2D eigenvalue weighted by Gasteiger charge is 2.07. The predicted molar refractivity (Wildman–Crippen MR) is 100 cm³/mol. The van der Waals surface area contributed by atoms with Crippen LogP contribution in [0.1, 0.15) is 12.5 Å². The summed E-state index contributed by atoms with van der Waals surface area (Å²) in [5.74, 6) is 0.566. The van der Waals surface area contributed by atoms with E-state index in [1.807, 2.05) is 30.3 Å². The number of nitrogens with zero attached hydrogens (tertiary/aromatic N) is 1. The number of ether oxygens (including phenoxy) is 1. The van der Waals surface area contributed by atoms with E-state index in [0.717, 1.165) is 10.8 Å². The molecule has 0 spiro atoms. The van der Waals surface area contributed by atoms with Crippen LogP contribution >= 0.6 is 0 Å². The minimum absolute atomic E-state index is 0.152. The first kappa shape index (κ1) is 16.5. The van der Waals surface area contributed by atoms with Crippen LogP contribution in [0.25, 0.3) is 10.8 Å². The molecule has 25 heavy (non-hydrogen) atoms. The summed E-state index contributed by atoms with van der Waals surface area (Å²) in [7, 11) is 1.56. The maximum Gasteiger partial charge on any atom is 0.221 e. The number of amides is 1. The zero-order valence-electron chi connectivity index (χ0n) is 14.0. The van der Waals surface area contributed by atoms with Crippen LogP contribution in [0, 0.1) is 0 Å². The van der Waals surface area contributed by atoms with Gasteiger partial charge in [0.2, 0.25) is 5.91 Å². The normalized spacial score (nSPS) is 11.0. The lowest BCUT2D eigenvalue weighted by Gasteiger charge is -2.08. The molecule has 5 heteroatoms. The molecule has 0 heterocycles. The number of phenols is 1. The van der Waals surface area contributed by atoms with E-state index in [9.17, 15) is 9.90 Å². The number of hydrogen-bond acceptors (Lipinski definition) is 4. The molecule has 0 radical (unpaired) electrons. The van der Waals surface area contributed by atoms with E-state index in [-0.39, 0.29) is 11.7 Å². The number of phenolic OH excluding ortho intramolecular Hbond substituents is 1. The van der Waals surface area contributed by atoms with Crippen molar-refractivity contribution < 1.29 is 14.6 Å². The van der Waals surface area contributed by atoms with Crippen LogP contribution in [0.5, 0.6) is 11.5 Å². The summed E-state index contributed by atoms with van der Waals surface area (Å²) in [5.41, 5.74) is 1.81. The number of aliphatic imine (C=N–C) groups is 1. The molecular formula is C20H18N2O3. The van der Waals surface area contributed by atoms with Gasteiger partial charge in [-0.15, -0.1) is 0 Å². The van der Waals surface area contributed by atoms with Crippen molar-refractivity contribution in [2.45, 2.75) is 6.92 Å². The molecule has 5 nitrogen and oxygen atoms in total. The van der Waals surface area contributed by atoms with E-state index < -0.39 is 0 Å². The highest BCUT2D eigenvalue weighted by atomic mass is 16.5. The van der Waals surface area contributed by atoms with Crippen LogP contribution < -0.4 is 10.1 Å². The Bertz CT molecular complexity index is 964. The van der Waals surface area contributed by atoms with Crippen LogP contribution in [0.2, 0.25) is 0 Å². The van der Waals surface area contributed by atoms with Gasteiger partial charge in [-0.2, -0.15) is 0 Å². The Morgan fingerprint density at radius 2 is 1.96 bits per heavy atom. The molecule has 3 aromatic rings. The van der Waals surface area contributed by atoms with Gasteiger partial charge in [-0.25, -0.2) is 0 Å². The molecule has 0 bridgehead atoms. The molecule has 0 aromatic heterocycles. The summed E-state index contributed by atoms with van der Waals surface area (Å²) in [6.07, 6.45) is 1.60. The molecule has 0 aliphatic heterocycles. The van der Waals surface area contributed by atoms with Crippen LogP contribution in [-0.2, 0) is 4.79 Å². The molecule has 2 N–H and O–H groups in total. The average Bonchev–Trinajstić information content (AvgIpc) is 2.60. The van der Waals surface area contributed by atoms with Gasteiger partial charge in [0.1, 0.15) is 17.2 Å². The van der Waals surface area contributed by atoms with Gasteiger partial charge < -0.3 is 15.2 Å². The topological polar surface area (TPSA) is 70.9 Å². The molecule has 0 atom stereocenters. The fraction of sp³-hybridized carbons (Fsp3) is 0.100. The largest absolute Gasteiger partial charge is 0.507 e. The Morgan fingerprint density at radius 3 is 2.72 bits per heavy atom. The SMILES string of the molecule is COc1ccc(NC(C)=O)cc1N=Cc1c(O)ccc2ccccc12. The summed E-state index contributed by atoms with van der Waals surface area (Å²) >= 11 is 0. The smallest absolute Gasteiger partial charge is 0.221 e. The molecule has 126 valence electrons. The Morgan fingerprint density at radius 1 is 1.16 bits per heavy atom. The van der Waals surface area contributed by atoms with Crippen molar-refractivity contribution in [2.75, 3.05) is 12.4 Å². The number of hydrogen-bond donors (Lipinski definition) is 2. The molecular weight excluding hydrogens is 316 g/mol. The molecule has 3 rings (SSSR count). The number of fused-ring (bicyclic) bond motifs is 1. The third-order valence-electron chi connectivity index (χ3n) is 3.78. The van der Waals surface area contributed by atoms with Crippen molar-refractivity contribution in [2.24, 2.45) is 4.99 Å². The second-order valence-electron chi connectivity index (χ2n) is 5.55. The molecule has 1 amide bonds. The van der Waals surface area contributed by atoms with Gasteiger partial charge in [0, 0.05) is 24.4 Å². The number of carbonyl (C=O) groups excluding carboxylic acids is 1. The maximum atomic E-state index is 11.2. The molecule has 0 saturated carbocycles. The van der Waals surface area contributed by atoms with Gasteiger partial charge in [-0.05, 0) is 35.0 Å². The second-order valence-corrected chi connectivity index (χ2v) is 5.55. The highest BCUT2D eigenvalue weighted by Crippen LogP contribution is 2.32. The first-order chi connectivity index (χ1) is 12.1. The molecule has 0 fully saturated rings. The van der Waals surface area contributed by atoms with Crippen molar-refractivity contribution in [1.29, 1.82) is 0 Å². The zero-order valence-corrected chi connectivity index (χ0v) is 14.0. The number of carbonyl (C=O) groups is 1. The number of nitrogens with one attached hydrogen (secondary N) is 1. The number of aromatic hydroxyl groups is 1. The first-order valence-corrected chi connectivity index (χ1v) is 7.79. The van der Waals surface area contributed by atoms with Gasteiger partial charge in [0.25, 0.3) is 0 Å². The summed E-state index contributed by atoms with van der Waals surface area (Å²) in [4.78, 5) is 15.7. The predicted octanol–water partition coefficient (Wildman–Crippen LogP) is 4.26.